The van der Waals surface area contributed by atoms with Gasteiger partial charge in [0, 0.05) is 17.8 Å². The van der Waals surface area contributed by atoms with Crippen LogP contribution in [0, 0.1) is 11.7 Å². The summed E-state index contributed by atoms with van der Waals surface area (Å²) >= 11 is 0. The first kappa shape index (κ1) is 22.4. The standard InChI is InChI=1S/C22H24F2N6O3/c1-22(8-14(9-23)33-21(25)30-22)15-7-13(5-6-16(15)24)28-20(31)18-19(27-10-12-3-4-12)29-17(32-2)11-26-18/h5-8,11-12H,3-4,9-10H2,1-2H3,(H2,25,30)(H,27,29)(H,28,31)/t22-/m0/s1. The number of halogens is 2. The third-order valence-electron chi connectivity index (χ3n) is 5.35. The molecule has 1 aliphatic carbocycles. The Morgan fingerprint density at radius 3 is 2.88 bits per heavy atom. The van der Waals surface area contributed by atoms with Gasteiger partial charge in [0.2, 0.25) is 5.88 Å². The van der Waals surface area contributed by atoms with E-state index < -0.39 is 23.9 Å². The van der Waals surface area contributed by atoms with Gasteiger partial charge in [-0.05, 0) is 50.0 Å². The number of amidine groups is 1. The monoisotopic (exact) mass is 458 g/mol. The fourth-order valence-corrected chi connectivity index (χ4v) is 3.47. The van der Waals surface area contributed by atoms with Crippen LogP contribution in [0.1, 0.15) is 35.8 Å². The second-order valence-electron chi connectivity index (χ2n) is 8.03. The van der Waals surface area contributed by atoms with Crippen LogP contribution in [-0.4, -0.2) is 42.2 Å². The van der Waals surface area contributed by atoms with E-state index in [0.717, 1.165) is 12.8 Å². The number of benzene rings is 1. The van der Waals surface area contributed by atoms with Crippen LogP contribution < -0.4 is 21.1 Å². The van der Waals surface area contributed by atoms with Crippen molar-refractivity contribution in [3.05, 3.63) is 53.3 Å². The first-order chi connectivity index (χ1) is 15.8. The average molecular weight is 458 g/mol. The molecule has 1 fully saturated rings. The van der Waals surface area contributed by atoms with Gasteiger partial charge in [-0.15, -0.1) is 0 Å². The Kier molecular flexibility index (Phi) is 6.12. The predicted octanol–water partition coefficient (Wildman–Crippen LogP) is 3.11. The second kappa shape index (κ2) is 9.00. The molecule has 0 saturated heterocycles. The fourth-order valence-electron chi connectivity index (χ4n) is 3.47. The smallest absolute Gasteiger partial charge is 0.288 e. The minimum Gasteiger partial charge on any atom is -0.480 e. The van der Waals surface area contributed by atoms with Crippen molar-refractivity contribution in [3.63, 3.8) is 0 Å². The summed E-state index contributed by atoms with van der Waals surface area (Å²) in [5.74, 6) is -0.0963. The molecule has 0 spiro atoms. The van der Waals surface area contributed by atoms with Gasteiger partial charge in [0.05, 0.1) is 13.3 Å². The van der Waals surface area contributed by atoms with Gasteiger partial charge in [-0.2, -0.15) is 4.98 Å². The number of anilines is 2. The maximum atomic E-state index is 14.7. The second-order valence-corrected chi connectivity index (χ2v) is 8.03. The number of nitrogens with two attached hydrogens (primary N) is 1. The molecule has 2 aromatic rings. The summed E-state index contributed by atoms with van der Waals surface area (Å²) in [4.78, 5) is 25.6. The number of nitrogens with zero attached hydrogens (tertiary/aromatic N) is 3. The number of aliphatic imine (C=N–C) groups is 1. The normalized spacial score (nSPS) is 19.8. The number of aromatic nitrogens is 2. The molecule has 1 aromatic heterocycles. The number of allylic oxidation sites excluding steroid dienone is 1. The maximum absolute atomic E-state index is 14.7. The van der Waals surface area contributed by atoms with Gasteiger partial charge in [0.1, 0.15) is 23.8 Å². The zero-order valence-electron chi connectivity index (χ0n) is 18.2. The van der Waals surface area contributed by atoms with E-state index in [9.17, 15) is 13.6 Å². The summed E-state index contributed by atoms with van der Waals surface area (Å²) in [7, 11) is 1.46. The molecule has 0 unspecified atom stereocenters. The Morgan fingerprint density at radius 1 is 1.39 bits per heavy atom. The Balaban J connectivity index is 1.61. The molecule has 1 amide bonds. The molecular weight excluding hydrogens is 434 g/mol. The van der Waals surface area contributed by atoms with Crippen molar-refractivity contribution in [2.45, 2.75) is 25.3 Å². The Hall–Kier alpha value is -3.76. The average Bonchev–Trinajstić information content (AvgIpc) is 3.62. The van der Waals surface area contributed by atoms with Crippen molar-refractivity contribution in [3.8, 4) is 5.88 Å². The summed E-state index contributed by atoms with van der Waals surface area (Å²) in [6.07, 6.45) is 4.94. The van der Waals surface area contributed by atoms with Crippen LogP contribution in [0.3, 0.4) is 0 Å². The maximum Gasteiger partial charge on any atom is 0.288 e. The van der Waals surface area contributed by atoms with Gasteiger partial charge < -0.3 is 25.8 Å². The van der Waals surface area contributed by atoms with E-state index in [4.69, 9.17) is 15.2 Å². The number of carbonyl (C=O) groups excluding carboxylic acids is 1. The van der Waals surface area contributed by atoms with Gasteiger partial charge in [0.15, 0.2) is 11.5 Å². The Bertz CT molecular complexity index is 1140. The highest BCUT2D eigenvalue weighted by Gasteiger charge is 2.32. The quantitative estimate of drug-likeness (QED) is 0.555. The number of alkyl halides is 1. The molecule has 2 aliphatic rings. The SMILES string of the molecule is COc1cnc(C(=O)Nc2ccc(F)c([C@]3(C)C=C(CF)OC(N)=N3)c2)c(NCC2CC2)n1. The van der Waals surface area contributed by atoms with E-state index in [0.29, 0.717) is 24.0 Å². The molecule has 11 heteroatoms. The molecule has 1 aliphatic heterocycles. The van der Waals surface area contributed by atoms with Gasteiger partial charge in [-0.3, -0.25) is 4.79 Å². The number of hydrogen-bond acceptors (Lipinski definition) is 8. The van der Waals surface area contributed by atoms with Crippen molar-refractivity contribution >= 4 is 23.4 Å². The van der Waals surface area contributed by atoms with Crippen LogP contribution in [0.15, 0.2) is 41.2 Å². The number of hydrogen-bond donors (Lipinski definition) is 3. The Morgan fingerprint density at radius 2 is 2.18 bits per heavy atom. The van der Waals surface area contributed by atoms with Crippen LogP contribution in [0.25, 0.3) is 0 Å². The molecule has 4 N–H and O–H groups in total. The zero-order chi connectivity index (χ0) is 23.6. The largest absolute Gasteiger partial charge is 0.480 e. The number of rotatable bonds is 8. The number of amides is 1. The van der Waals surface area contributed by atoms with Crippen LogP contribution in [0.5, 0.6) is 5.88 Å². The number of ether oxygens (including phenoxy) is 2. The molecule has 1 atom stereocenters. The van der Waals surface area contributed by atoms with E-state index in [1.54, 1.807) is 6.92 Å². The summed E-state index contributed by atoms with van der Waals surface area (Å²) < 4.78 is 38.0. The third-order valence-corrected chi connectivity index (χ3v) is 5.35. The third kappa shape index (κ3) is 5.02. The first-order valence-corrected chi connectivity index (χ1v) is 10.4. The van der Waals surface area contributed by atoms with Crippen molar-refractivity contribution < 1.29 is 23.0 Å². The van der Waals surface area contributed by atoms with Gasteiger partial charge in [-0.25, -0.2) is 18.8 Å². The molecule has 2 heterocycles. The lowest BCUT2D eigenvalue weighted by atomic mass is 9.90. The van der Waals surface area contributed by atoms with Crippen molar-refractivity contribution in [1.82, 2.24) is 9.97 Å². The van der Waals surface area contributed by atoms with Crippen molar-refractivity contribution in [2.75, 3.05) is 31.0 Å². The number of methoxy groups -OCH3 is 1. The van der Waals surface area contributed by atoms with E-state index in [2.05, 4.69) is 25.6 Å². The summed E-state index contributed by atoms with van der Waals surface area (Å²) in [5.41, 5.74) is 4.78. The molecule has 33 heavy (non-hydrogen) atoms. The van der Waals surface area contributed by atoms with E-state index in [1.807, 2.05) is 0 Å². The number of nitrogens with one attached hydrogen (secondary N) is 2. The lowest BCUT2D eigenvalue weighted by molar-refractivity contribution is 0.102. The molecule has 0 bridgehead atoms. The minimum absolute atomic E-state index is 0.0706. The summed E-state index contributed by atoms with van der Waals surface area (Å²) in [6.45, 7) is 1.32. The molecular formula is C22H24F2N6O3. The van der Waals surface area contributed by atoms with Crippen molar-refractivity contribution in [2.24, 2.45) is 16.6 Å². The first-order valence-electron chi connectivity index (χ1n) is 10.4. The van der Waals surface area contributed by atoms with E-state index in [-0.39, 0.29) is 28.9 Å². The molecule has 9 nitrogen and oxygen atoms in total. The fraction of sp³-hybridized carbons (Fsp3) is 0.364. The van der Waals surface area contributed by atoms with Crippen molar-refractivity contribution in [1.29, 1.82) is 0 Å². The van der Waals surface area contributed by atoms with Gasteiger partial charge in [-0.1, -0.05) is 0 Å². The summed E-state index contributed by atoms with van der Waals surface area (Å²) in [6, 6.07) is 3.73. The highest BCUT2D eigenvalue weighted by Crippen LogP contribution is 2.35. The van der Waals surface area contributed by atoms with Crippen LogP contribution >= 0.6 is 0 Å². The summed E-state index contributed by atoms with van der Waals surface area (Å²) in [5, 5.41) is 5.85. The highest BCUT2D eigenvalue weighted by molar-refractivity contribution is 6.06. The lowest BCUT2D eigenvalue weighted by Crippen LogP contribution is -2.31. The molecule has 1 aromatic carbocycles. The van der Waals surface area contributed by atoms with E-state index in [1.165, 1.54) is 37.6 Å². The molecule has 0 radical (unpaired) electrons. The van der Waals surface area contributed by atoms with E-state index >= 15 is 0 Å². The molecule has 174 valence electrons. The van der Waals surface area contributed by atoms with Gasteiger partial charge in [0.25, 0.3) is 11.9 Å². The minimum atomic E-state index is -1.31. The Labute approximate surface area is 189 Å². The van der Waals surface area contributed by atoms with Crippen LogP contribution in [-0.2, 0) is 10.3 Å². The predicted molar refractivity (Wildman–Crippen MR) is 118 cm³/mol. The molecule has 4 rings (SSSR count). The van der Waals surface area contributed by atoms with Crippen LogP contribution in [0.4, 0.5) is 20.3 Å². The van der Waals surface area contributed by atoms with Crippen LogP contribution in [0.2, 0.25) is 0 Å². The van der Waals surface area contributed by atoms with Gasteiger partial charge >= 0.3 is 0 Å². The lowest BCUT2D eigenvalue weighted by Gasteiger charge is -2.28. The molecule has 1 saturated carbocycles. The topological polar surface area (TPSA) is 124 Å². The zero-order valence-corrected chi connectivity index (χ0v) is 18.2. The highest BCUT2D eigenvalue weighted by atomic mass is 19.1. The number of carbonyl (C=O) groups is 1.